The molecule has 0 fully saturated rings. The quantitative estimate of drug-likeness (QED) is 0.607. The lowest BCUT2D eigenvalue weighted by Gasteiger charge is -2.18. The Bertz CT molecular complexity index is 244. The second-order valence-corrected chi connectivity index (χ2v) is 3.91. The molecule has 0 rings (SSSR count). The van der Waals surface area contributed by atoms with Gasteiger partial charge >= 0.3 is 0 Å². The summed E-state index contributed by atoms with van der Waals surface area (Å²) in [7, 11) is 0. The van der Waals surface area contributed by atoms with Gasteiger partial charge in [0.2, 0.25) is 5.91 Å². The number of nitrogens with two attached hydrogens (primary N) is 1. The van der Waals surface area contributed by atoms with Crippen LogP contribution in [0.25, 0.3) is 0 Å². The third-order valence-corrected chi connectivity index (χ3v) is 1.74. The van der Waals surface area contributed by atoms with Gasteiger partial charge in [-0.2, -0.15) is 0 Å². The summed E-state index contributed by atoms with van der Waals surface area (Å²) in [4.78, 5) is 21.7. The Balaban J connectivity index is 4.19. The summed E-state index contributed by atoms with van der Waals surface area (Å²) >= 11 is 0. The summed E-state index contributed by atoms with van der Waals surface area (Å²) in [5.41, 5.74) is 4.55. The molecule has 0 spiro atoms. The van der Waals surface area contributed by atoms with Gasteiger partial charge in [0.15, 0.2) is 0 Å². The minimum Gasteiger partial charge on any atom is -0.396 e. The molecule has 0 radical (unpaired) electrons. The van der Waals surface area contributed by atoms with E-state index in [4.69, 9.17) is 10.8 Å². The van der Waals surface area contributed by atoms with Gasteiger partial charge in [-0.15, -0.1) is 0 Å². The number of allylic oxidation sites excluding steroid dienone is 1. The van der Waals surface area contributed by atoms with Crippen LogP contribution in [0.1, 0.15) is 26.7 Å². The maximum Gasteiger partial charge on any atom is 0.241 e. The minimum absolute atomic E-state index is 0.0216. The molecule has 80 valence electrons. The third kappa shape index (κ3) is 6.37. The molecule has 0 saturated carbocycles. The van der Waals surface area contributed by atoms with Gasteiger partial charge in [-0.05, 0) is 11.5 Å². The Morgan fingerprint density at radius 3 is 2.43 bits per heavy atom. The molecule has 0 aliphatic carbocycles. The highest BCUT2D eigenvalue weighted by Crippen LogP contribution is 2.22. The highest BCUT2D eigenvalue weighted by molar-refractivity contribution is 5.86. The van der Waals surface area contributed by atoms with E-state index >= 15 is 0 Å². The minimum atomic E-state index is -0.521. The molecule has 0 heterocycles. The smallest absolute Gasteiger partial charge is 0.241 e. The van der Waals surface area contributed by atoms with Crippen molar-refractivity contribution in [1.29, 1.82) is 0 Å². The largest absolute Gasteiger partial charge is 0.396 e. The molecule has 14 heavy (non-hydrogen) atoms. The lowest BCUT2D eigenvalue weighted by molar-refractivity contribution is -0.121. The second-order valence-electron chi connectivity index (χ2n) is 3.91. The first-order valence-electron chi connectivity index (χ1n) is 4.48. The summed E-state index contributed by atoms with van der Waals surface area (Å²) in [6.45, 7) is 3.54. The predicted octanol–water partition coefficient (Wildman–Crippen LogP) is 0.396. The van der Waals surface area contributed by atoms with Crippen LogP contribution < -0.4 is 5.73 Å². The number of rotatable bonds is 6. The molecule has 0 aromatic rings. The van der Waals surface area contributed by atoms with Crippen LogP contribution in [0, 0.1) is 5.41 Å². The zero-order chi connectivity index (χ0) is 11.2. The molecule has 1 amide bonds. The molecule has 0 aliphatic heterocycles. The van der Waals surface area contributed by atoms with Gasteiger partial charge in [-0.1, -0.05) is 19.9 Å². The van der Waals surface area contributed by atoms with Crippen LogP contribution >= 0.6 is 0 Å². The van der Waals surface area contributed by atoms with E-state index in [1.54, 1.807) is 6.08 Å². The average Bonchev–Trinajstić information content (AvgIpc) is 2.00. The Labute approximate surface area is 83.8 Å². The summed E-state index contributed by atoms with van der Waals surface area (Å²) in [6, 6.07) is 0. The van der Waals surface area contributed by atoms with E-state index < -0.39 is 5.91 Å². The molecular formula is C10H17NO3. The summed E-state index contributed by atoms with van der Waals surface area (Å²) in [5, 5.41) is 8.54. The highest BCUT2D eigenvalue weighted by Gasteiger charge is 2.18. The van der Waals surface area contributed by atoms with Gasteiger partial charge in [0.25, 0.3) is 0 Å². The lowest BCUT2D eigenvalue weighted by Crippen LogP contribution is -2.16. The van der Waals surface area contributed by atoms with E-state index in [2.05, 4.69) is 0 Å². The van der Waals surface area contributed by atoms with Crippen LogP contribution in [-0.4, -0.2) is 23.4 Å². The molecule has 0 bridgehead atoms. The molecule has 0 atom stereocenters. The topological polar surface area (TPSA) is 80.4 Å². The first-order chi connectivity index (χ1) is 6.37. The maximum atomic E-state index is 11.2. The van der Waals surface area contributed by atoms with Crippen LogP contribution in [0.3, 0.4) is 0 Å². The summed E-state index contributed by atoms with van der Waals surface area (Å²) in [6.07, 6.45) is 3.34. The second kappa shape index (κ2) is 5.54. The third-order valence-electron chi connectivity index (χ3n) is 1.74. The molecule has 0 unspecified atom stereocenters. The van der Waals surface area contributed by atoms with E-state index in [9.17, 15) is 9.59 Å². The van der Waals surface area contributed by atoms with Crippen LogP contribution in [0.4, 0.5) is 0 Å². The van der Waals surface area contributed by atoms with Crippen molar-refractivity contribution in [2.24, 2.45) is 11.1 Å². The first kappa shape index (κ1) is 12.8. The average molecular weight is 199 g/mol. The molecule has 4 nitrogen and oxygen atoms in total. The zero-order valence-electron chi connectivity index (χ0n) is 8.62. The van der Waals surface area contributed by atoms with E-state index in [1.165, 1.54) is 6.08 Å². The van der Waals surface area contributed by atoms with Crippen molar-refractivity contribution in [3.05, 3.63) is 12.2 Å². The zero-order valence-corrected chi connectivity index (χ0v) is 8.62. The van der Waals surface area contributed by atoms with Crippen molar-refractivity contribution >= 4 is 11.7 Å². The van der Waals surface area contributed by atoms with E-state index in [0.717, 1.165) is 0 Å². The van der Waals surface area contributed by atoms with Gasteiger partial charge in [0.05, 0.1) is 0 Å². The molecule has 0 aromatic heterocycles. The summed E-state index contributed by atoms with van der Waals surface area (Å²) < 4.78 is 0. The Kier molecular flexibility index (Phi) is 5.09. The van der Waals surface area contributed by atoms with Crippen molar-refractivity contribution in [2.45, 2.75) is 26.7 Å². The maximum absolute atomic E-state index is 11.2. The van der Waals surface area contributed by atoms with E-state index in [0.29, 0.717) is 6.42 Å². The van der Waals surface area contributed by atoms with Crippen LogP contribution in [0.15, 0.2) is 12.2 Å². The van der Waals surface area contributed by atoms with Gasteiger partial charge in [0.1, 0.15) is 5.78 Å². The van der Waals surface area contributed by atoms with Crippen molar-refractivity contribution in [3.63, 3.8) is 0 Å². The van der Waals surface area contributed by atoms with Gasteiger partial charge in [-0.3, -0.25) is 9.59 Å². The van der Waals surface area contributed by atoms with E-state index in [1.807, 2.05) is 13.8 Å². The lowest BCUT2D eigenvalue weighted by atomic mass is 9.86. The van der Waals surface area contributed by atoms with E-state index in [-0.39, 0.29) is 24.2 Å². The van der Waals surface area contributed by atoms with Crippen molar-refractivity contribution in [3.8, 4) is 0 Å². The fourth-order valence-electron chi connectivity index (χ4n) is 1.09. The molecule has 4 heteroatoms. The van der Waals surface area contributed by atoms with Crippen LogP contribution in [0.5, 0.6) is 0 Å². The van der Waals surface area contributed by atoms with Crippen molar-refractivity contribution < 1.29 is 14.7 Å². The number of amides is 1. The molecule has 0 saturated heterocycles. The van der Waals surface area contributed by atoms with Gasteiger partial charge in [-0.25, -0.2) is 0 Å². The number of carbonyl (C=O) groups excluding carboxylic acids is 2. The van der Waals surface area contributed by atoms with Crippen LogP contribution in [0.2, 0.25) is 0 Å². The fourth-order valence-corrected chi connectivity index (χ4v) is 1.09. The molecule has 3 N–H and O–H groups in total. The number of carbonyl (C=O) groups is 2. The Hall–Kier alpha value is -1.16. The van der Waals surface area contributed by atoms with Crippen LogP contribution in [-0.2, 0) is 9.59 Å². The first-order valence-corrected chi connectivity index (χ1v) is 4.48. The number of Topliss-reactive ketones (excluding diaryl/α,β-unsaturated/α-hetero) is 1. The number of ketones is 1. The number of aliphatic hydroxyl groups is 1. The number of hydrogen-bond acceptors (Lipinski definition) is 3. The predicted molar refractivity (Wildman–Crippen MR) is 53.4 cm³/mol. The van der Waals surface area contributed by atoms with Gasteiger partial charge in [0, 0.05) is 19.4 Å². The number of aliphatic hydroxyl groups excluding tert-OH is 1. The number of primary amides is 1. The van der Waals surface area contributed by atoms with Crippen molar-refractivity contribution in [2.75, 3.05) is 6.61 Å². The SMILES string of the molecule is CC(C)(C=CC(N)=O)CC(=O)CCO. The Morgan fingerprint density at radius 1 is 1.43 bits per heavy atom. The summed E-state index contributed by atoms with van der Waals surface area (Å²) in [5.74, 6) is -0.542. The highest BCUT2D eigenvalue weighted by atomic mass is 16.3. The Morgan fingerprint density at radius 2 is 2.00 bits per heavy atom. The number of hydrogen-bond donors (Lipinski definition) is 2. The molecular weight excluding hydrogens is 182 g/mol. The normalized spacial score (nSPS) is 11.9. The fraction of sp³-hybridized carbons (Fsp3) is 0.600. The standard InChI is InChI=1S/C10H17NO3/c1-10(2,5-3-9(11)14)7-8(13)4-6-12/h3,5,12H,4,6-7H2,1-2H3,(H2,11,14). The van der Waals surface area contributed by atoms with Gasteiger partial charge < -0.3 is 10.8 Å². The molecule has 0 aromatic carbocycles. The van der Waals surface area contributed by atoms with Crippen molar-refractivity contribution in [1.82, 2.24) is 0 Å². The molecule has 0 aliphatic rings. The monoisotopic (exact) mass is 199 g/mol.